The summed E-state index contributed by atoms with van der Waals surface area (Å²) in [6.45, 7) is -0.0561. The highest BCUT2D eigenvalue weighted by Gasteiger charge is 2.35. The van der Waals surface area contributed by atoms with Crippen molar-refractivity contribution in [3.63, 3.8) is 0 Å². The molecule has 0 N–H and O–H groups in total. The van der Waals surface area contributed by atoms with Crippen LogP contribution in [-0.4, -0.2) is 33.6 Å². The molecule has 0 saturated heterocycles. The maximum absolute atomic E-state index is 14.4. The second-order valence-electron chi connectivity index (χ2n) is 6.16. The molecule has 174 valence electrons. The number of esters is 2. The highest BCUT2D eigenvalue weighted by Crippen LogP contribution is 2.30. The zero-order valence-electron chi connectivity index (χ0n) is 16.2. The summed E-state index contributed by atoms with van der Waals surface area (Å²) in [5.41, 5.74) is -5.30. The van der Waals surface area contributed by atoms with Gasteiger partial charge >= 0.3 is 23.8 Å². The van der Waals surface area contributed by atoms with E-state index in [1.807, 2.05) is 0 Å². The quantitative estimate of drug-likeness (QED) is 0.251. The topological polar surface area (TPSA) is 96.6 Å². The summed E-state index contributed by atoms with van der Waals surface area (Å²) in [6, 6.07) is 1.43. The lowest BCUT2D eigenvalue weighted by atomic mass is 10.2. The van der Waals surface area contributed by atoms with Gasteiger partial charge in [0, 0.05) is 19.2 Å². The van der Waals surface area contributed by atoms with E-state index < -0.39 is 63.8 Å². The van der Waals surface area contributed by atoms with Crippen LogP contribution < -0.4 is 16.0 Å². The molecule has 1 aromatic carbocycles. The second-order valence-corrected chi connectivity index (χ2v) is 6.95. The van der Waals surface area contributed by atoms with Gasteiger partial charge in [0.1, 0.15) is 18.1 Å². The van der Waals surface area contributed by atoms with Gasteiger partial charge in [-0.25, -0.2) is 13.8 Å². The molecule has 0 aliphatic rings. The third kappa shape index (κ3) is 5.88. The summed E-state index contributed by atoms with van der Waals surface area (Å²) >= 11 is 11.2. The summed E-state index contributed by atoms with van der Waals surface area (Å²) in [6.07, 6.45) is -5.82. The largest absolute Gasteiger partial charge is 0.464 e. The molecule has 32 heavy (non-hydrogen) atoms. The van der Waals surface area contributed by atoms with Crippen molar-refractivity contribution in [1.82, 2.24) is 9.13 Å². The Bertz CT molecular complexity index is 1160. The molecule has 0 spiro atoms. The molecule has 0 fully saturated rings. The summed E-state index contributed by atoms with van der Waals surface area (Å²) in [5, 5.41) is -0.430. The first-order valence-corrected chi connectivity index (χ1v) is 9.60. The monoisotopic (exact) mass is 500 g/mol. The Balaban J connectivity index is 2.39. The van der Waals surface area contributed by atoms with Gasteiger partial charge in [0.25, 0.3) is 5.56 Å². The molecule has 14 heteroatoms. The van der Waals surface area contributed by atoms with Crippen LogP contribution in [0, 0.1) is 5.82 Å². The molecule has 0 amide bonds. The zero-order chi connectivity index (χ0) is 24.2. The Morgan fingerprint density at radius 1 is 1.09 bits per heavy atom. The summed E-state index contributed by atoms with van der Waals surface area (Å²) in [5.74, 6) is -3.38. The fraction of sp³-hybridized carbons (Fsp3) is 0.333. The molecular formula is C18H14Cl2F4N2O6. The molecule has 0 aliphatic heterocycles. The van der Waals surface area contributed by atoms with E-state index in [2.05, 4.69) is 4.74 Å². The number of aromatic nitrogens is 2. The van der Waals surface area contributed by atoms with Gasteiger partial charge in [-0.3, -0.25) is 19.0 Å². The van der Waals surface area contributed by atoms with Crippen LogP contribution in [0.15, 0.2) is 27.8 Å². The number of alkyl halides is 4. The zero-order valence-corrected chi connectivity index (χ0v) is 17.7. The molecule has 1 heterocycles. The van der Waals surface area contributed by atoms with Crippen LogP contribution in [-0.2, 0) is 27.5 Å². The number of ether oxygens (including phenoxy) is 2. The number of hydrogen-bond acceptors (Lipinski definition) is 6. The highest BCUT2D eigenvalue weighted by atomic mass is 35.5. The van der Waals surface area contributed by atoms with Gasteiger partial charge < -0.3 is 9.47 Å². The summed E-state index contributed by atoms with van der Waals surface area (Å²) in [4.78, 5) is 47.9. The summed E-state index contributed by atoms with van der Waals surface area (Å²) < 4.78 is 63.2. The lowest BCUT2D eigenvalue weighted by Crippen LogP contribution is -2.41. The van der Waals surface area contributed by atoms with E-state index in [1.54, 1.807) is 0 Å². The van der Waals surface area contributed by atoms with Gasteiger partial charge in [0.2, 0.25) is 0 Å². The van der Waals surface area contributed by atoms with Crippen molar-refractivity contribution < 1.29 is 36.6 Å². The van der Waals surface area contributed by atoms with E-state index in [9.17, 15) is 36.7 Å². The molecule has 0 aliphatic carbocycles. The number of benzene rings is 1. The number of carbonyl (C=O) groups is 2. The van der Waals surface area contributed by atoms with E-state index in [4.69, 9.17) is 27.9 Å². The first-order valence-electron chi connectivity index (χ1n) is 8.68. The van der Waals surface area contributed by atoms with E-state index in [-0.39, 0.29) is 34.1 Å². The predicted octanol–water partition coefficient (Wildman–Crippen LogP) is 2.82. The van der Waals surface area contributed by atoms with Crippen molar-refractivity contribution in [2.24, 2.45) is 7.05 Å². The van der Waals surface area contributed by atoms with Crippen LogP contribution in [0.5, 0.6) is 5.75 Å². The molecule has 2 aromatic rings. The molecule has 0 atom stereocenters. The third-order valence-electron chi connectivity index (χ3n) is 3.95. The lowest BCUT2D eigenvalue weighted by Gasteiger charge is -2.15. The minimum absolute atomic E-state index is 0.0561. The van der Waals surface area contributed by atoms with Crippen molar-refractivity contribution in [2.75, 3.05) is 12.5 Å². The van der Waals surface area contributed by atoms with Crippen LogP contribution in [0.4, 0.5) is 17.6 Å². The maximum atomic E-state index is 14.4. The number of carbonyl (C=O) groups excluding carboxylic acids is 2. The molecular weight excluding hydrogens is 487 g/mol. The first-order chi connectivity index (χ1) is 14.9. The van der Waals surface area contributed by atoms with Crippen molar-refractivity contribution in [1.29, 1.82) is 0 Å². The fourth-order valence-electron chi connectivity index (χ4n) is 2.49. The SMILES string of the molecule is Cn1c(C(F)(F)F)cc(=O)n(-c2cc(OC(=O)CCC(=O)OCCCl)c(Cl)cc2F)c1=O. The van der Waals surface area contributed by atoms with Gasteiger partial charge in [-0.15, -0.1) is 11.6 Å². The Morgan fingerprint density at radius 2 is 1.72 bits per heavy atom. The maximum Gasteiger partial charge on any atom is 0.431 e. The van der Waals surface area contributed by atoms with Crippen molar-refractivity contribution >= 4 is 35.1 Å². The Hall–Kier alpha value is -2.86. The van der Waals surface area contributed by atoms with E-state index in [0.29, 0.717) is 12.1 Å². The minimum atomic E-state index is -5.00. The van der Waals surface area contributed by atoms with Crippen molar-refractivity contribution in [3.8, 4) is 11.4 Å². The van der Waals surface area contributed by atoms with Crippen LogP contribution in [0.25, 0.3) is 5.69 Å². The Labute approximate surface area is 186 Å². The minimum Gasteiger partial charge on any atom is -0.464 e. The standard InChI is InChI=1S/C18H14Cl2F4N2O6/c1-25-13(18(22,23)24)8-14(27)26(17(25)30)11-7-12(9(20)6-10(11)21)32-16(29)3-2-15(28)31-5-4-19/h6-8H,2-5H2,1H3. The van der Waals surface area contributed by atoms with E-state index >= 15 is 0 Å². The molecule has 0 saturated carbocycles. The van der Waals surface area contributed by atoms with E-state index in [1.165, 1.54) is 0 Å². The van der Waals surface area contributed by atoms with Crippen LogP contribution in [0.2, 0.25) is 5.02 Å². The van der Waals surface area contributed by atoms with Crippen LogP contribution in [0.3, 0.4) is 0 Å². The second kappa shape index (κ2) is 10.2. The van der Waals surface area contributed by atoms with Gasteiger partial charge in [0.05, 0.1) is 29.4 Å². The van der Waals surface area contributed by atoms with Crippen molar-refractivity contribution in [2.45, 2.75) is 19.0 Å². The lowest BCUT2D eigenvalue weighted by molar-refractivity contribution is -0.146. The van der Waals surface area contributed by atoms with Gasteiger partial charge in [-0.05, 0) is 6.07 Å². The van der Waals surface area contributed by atoms with Crippen LogP contribution >= 0.6 is 23.2 Å². The smallest absolute Gasteiger partial charge is 0.431 e. The molecule has 0 bridgehead atoms. The Kier molecular flexibility index (Phi) is 8.07. The predicted molar refractivity (Wildman–Crippen MR) is 104 cm³/mol. The van der Waals surface area contributed by atoms with Gasteiger partial charge in [-0.2, -0.15) is 13.2 Å². The molecule has 1 aromatic heterocycles. The molecule has 0 unspecified atom stereocenters. The van der Waals surface area contributed by atoms with E-state index in [0.717, 1.165) is 7.05 Å². The Morgan fingerprint density at radius 3 is 2.31 bits per heavy atom. The van der Waals surface area contributed by atoms with Gasteiger partial charge in [-0.1, -0.05) is 11.6 Å². The molecule has 0 radical (unpaired) electrons. The first kappa shape index (κ1) is 25.4. The average Bonchev–Trinajstić information content (AvgIpc) is 2.69. The van der Waals surface area contributed by atoms with Crippen molar-refractivity contribution in [3.05, 3.63) is 55.6 Å². The molecule has 2 rings (SSSR count). The van der Waals surface area contributed by atoms with Gasteiger partial charge in [0.15, 0.2) is 5.75 Å². The normalized spacial score (nSPS) is 11.3. The average molecular weight is 501 g/mol. The number of hydrogen-bond donors (Lipinski definition) is 0. The number of nitrogens with zero attached hydrogens (tertiary/aromatic N) is 2. The fourth-order valence-corrected chi connectivity index (χ4v) is 2.76. The number of halogens is 6. The summed E-state index contributed by atoms with van der Waals surface area (Å²) in [7, 11) is 0.749. The number of rotatable bonds is 7. The molecule has 8 nitrogen and oxygen atoms in total. The highest BCUT2D eigenvalue weighted by molar-refractivity contribution is 6.32. The third-order valence-corrected chi connectivity index (χ3v) is 4.40. The van der Waals surface area contributed by atoms with Crippen LogP contribution in [0.1, 0.15) is 18.5 Å².